The van der Waals surface area contributed by atoms with Gasteiger partial charge in [-0.3, -0.25) is 0 Å². The first-order chi connectivity index (χ1) is 9.87. The van der Waals surface area contributed by atoms with Crippen LogP contribution in [0.5, 0.6) is 0 Å². The summed E-state index contributed by atoms with van der Waals surface area (Å²) < 4.78 is 32.7. The number of hydrogen-bond donors (Lipinski definition) is 0. The molecule has 1 aromatic carbocycles. The molecular weight excluding hydrogens is 416 g/mol. The molecule has 9 heteroatoms. The smallest absolute Gasteiger partial charge is 0.294 e. The molecule has 0 saturated heterocycles. The van der Waals surface area contributed by atoms with Crippen molar-refractivity contribution in [2.45, 2.75) is 4.21 Å². The van der Waals surface area contributed by atoms with E-state index >= 15 is 0 Å². The predicted molar refractivity (Wildman–Crippen MR) is 90.6 cm³/mol. The number of nitrogens with zero attached hydrogens (tertiary/aromatic N) is 2. The van der Waals surface area contributed by atoms with Crippen LogP contribution in [0.4, 0.5) is 0 Å². The summed E-state index contributed by atoms with van der Waals surface area (Å²) in [6.45, 7) is 0. The van der Waals surface area contributed by atoms with E-state index in [9.17, 15) is 8.42 Å². The van der Waals surface area contributed by atoms with Gasteiger partial charge in [-0.05, 0) is 30.3 Å². The SMILES string of the molecule is Cn1c(=NS(=O)(=O)c2ccc(Cl)s2)sc2cc(Br)ccc21. The number of aryl methyl sites for hydroxylation is 1. The fourth-order valence-electron chi connectivity index (χ4n) is 1.78. The molecule has 0 bridgehead atoms. The lowest BCUT2D eigenvalue weighted by atomic mass is 10.3. The predicted octanol–water partition coefficient (Wildman–Crippen LogP) is 4.01. The Balaban J connectivity index is 2.22. The molecule has 0 fully saturated rings. The number of rotatable bonds is 2. The molecule has 0 spiro atoms. The van der Waals surface area contributed by atoms with Crippen LogP contribution in [0.15, 0.2) is 43.4 Å². The number of thiophene rings is 1. The van der Waals surface area contributed by atoms with Crippen molar-refractivity contribution in [3.8, 4) is 0 Å². The minimum Gasteiger partial charge on any atom is -0.319 e. The molecule has 110 valence electrons. The van der Waals surface area contributed by atoms with Crippen LogP contribution >= 0.6 is 50.2 Å². The van der Waals surface area contributed by atoms with Gasteiger partial charge in [-0.2, -0.15) is 8.42 Å². The number of halogens is 2. The van der Waals surface area contributed by atoms with Crippen molar-refractivity contribution < 1.29 is 8.42 Å². The summed E-state index contributed by atoms with van der Waals surface area (Å²) in [6.07, 6.45) is 0. The van der Waals surface area contributed by atoms with Gasteiger partial charge >= 0.3 is 0 Å². The van der Waals surface area contributed by atoms with Crippen LogP contribution < -0.4 is 4.80 Å². The maximum absolute atomic E-state index is 12.3. The summed E-state index contributed by atoms with van der Waals surface area (Å²) in [5.74, 6) is 0. The Morgan fingerprint density at radius 3 is 2.67 bits per heavy atom. The van der Waals surface area contributed by atoms with Crippen molar-refractivity contribution >= 4 is 70.4 Å². The lowest BCUT2D eigenvalue weighted by Gasteiger charge is -1.96. The number of aromatic nitrogens is 1. The standard InChI is InChI=1S/C12H8BrClN2O2S3/c1-16-8-3-2-7(13)6-9(8)19-12(16)15-21(17,18)11-5-4-10(14)20-11/h2-6H,1H3. The second-order valence-corrected chi connectivity index (χ2v) is 9.65. The number of hydrogen-bond acceptors (Lipinski definition) is 4. The molecule has 3 rings (SSSR count). The van der Waals surface area contributed by atoms with E-state index in [2.05, 4.69) is 20.3 Å². The number of fused-ring (bicyclic) bond motifs is 1. The minimum absolute atomic E-state index is 0.145. The summed E-state index contributed by atoms with van der Waals surface area (Å²) >= 11 is 11.5. The van der Waals surface area contributed by atoms with Crippen LogP contribution in [-0.4, -0.2) is 13.0 Å². The Hall–Kier alpha value is -0.670. The summed E-state index contributed by atoms with van der Waals surface area (Å²) in [7, 11) is -1.94. The van der Waals surface area contributed by atoms with Gasteiger partial charge in [0.25, 0.3) is 10.0 Å². The van der Waals surface area contributed by atoms with Crippen molar-refractivity contribution in [1.82, 2.24) is 4.57 Å². The zero-order valence-electron chi connectivity index (χ0n) is 10.6. The fraction of sp³-hybridized carbons (Fsp3) is 0.0833. The number of sulfonamides is 1. The Bertz CT molecular complexity index is 1000. The number of benzene rings is 1. The van der Waals surface area contributed by atoms with Crippen molar-refractivity contribution in [3.63, 3.8) is 0 Å². The van der Waals surface area contributed by atoms with Gasteiger partial charge in [-0.1, -0.05) is 38.9 Å². The topological polar surface area (TPSA) is 51.4 Å². The van der Waals surface area contributed by atoms with Gasteiger partial charge in [0.15, 0.2) is 0 Å². The molecule has 0 amide bonds. The van der Waals surface area contributed by atoms with E-state index in [1.54, 1.807) is 17.7 Å². The first-order valence-electron chi connectivity index (χ1n) is 5.68. The molecule has 3 aromatic rings. The largest absolute Gasteiger partial charge is 0.319 e. The Labute approximate surface area is 142 Å². The second-order valence-electron chi connectivity index (χ2n) is 4.18. The molecular formula is C12H8BrClN2O2S3. The zero-order chi connectivity index (χ0) is 15.2. The lowest BCUT2D eigenvalue weighted by Crippen LogP contribution is -2.13. The van der Waals surface area contributed by atoms with E-state index in [1.165, 1.54) is 17.4 Å². The highest BCUT2D eigenvalue weighted by atomic mass is 79.9. The Kier molecular flexibility index (Phi) is 4.00. The molecule has 2 heterocycles. The van der Waals surface area contributed by atoms with E-state index < -0.39 is 10.0 Å². The fourth-order valence-corrected chi connectivity index (χ4v) is 6.04. The van der Waals surface area contributed by atoms with Gasteiger partial charge in [0.2, 0.25) is 4.80 Å². The summed E-state index contributed by atoms with van der Waals surface area (Å²) in [5, 5.41) is 0. The maximum atomic E-state index is 12.3. The lowest BCUT2D eigenvalue weighted by molar-refractivity contribution is 0.598. The highest BCUT2D eigenvalue weighted by Gasteiger charge is 2.16. The molecule has 0 unspecified atom stereocenters. The van der Waals surface area contributed by atoms with Crippen molar-refractivity contribution in [2.75, 3.05) is 0 Å². The molecule has 0 radical (unpaired) electrons. The molecule has 0 aliphatic rings. The van der Waals surface area contributed by atoms with Crippen molar-refractivity contribution in [2.24, 2.45) is 11.4 Å². The molecule has 2 aromatic heterocycles. The van der Waals surface area contributed by atoms with Crippen LogP contribution in [0.2, 0.25) is 4.34 Å². The van der Waals surface area contributed by atoms with Crippen molar-refractivity contribution in [3.05, 3.63) is 43.9 Å². The third-order valence-corrected chi connectivity index (χ3v) is 7.44. The van der Waals surface area contributed by atoms with E-state index in [0.29, 0.717) is 9.14 Å². The quantitative estimate of drug-likeness (QED) is 0.625. The van der Waals surface area contributed by atoms with Crippen LogP contribution in [0.3, 0.4) is 0 Å². The second kappa shape index (κ2) is 5.51. The molecule has 0 aliphatic carbocycles. The summed E-state index contributed by atoms with van der Waals surface area (Å²) in [5.41, 5.74) is 0.932. The maximum Gasteiger partial charge on any atom is 0.294 e. The van der Waals surface area contributed by atoms with Gasteiger partial charge in [0.05, 0.1) is 14.6 Å². The Morgan fingerprint density at radius 2 is 2.00 bits per heavy atom. The van der Waals surface area contributed by atoms with Gasteiger partial charge in [-0.15, -0.1) is 15.7 Å². The van der Waals surface area contributed by atoms with Crippen LogP contribution in [-0.2, 0) is 17.1 Å². The number of thiazole rings is 1. The van der Waals surface area contributed by atoms with Gasteiger partial charge < -0.3 is 4.57 Å². The Morgan fingerprint density at radius 1 is 1.24 bits per heavy atom. The van der Waals surface area contributed by atoms with Crippen LogP contribution in [0, 0.1) is 0 Å². The normalized spacial score (nSPS) is 13.2. The van der Waals surface area contributed by atoms with Crippen molar-refractivity contribution in [1.29, 1.82) is 0 Å². The highest BCUT2D eigenvalue weighted by molar-refractivity contribution is 9.10. The average molecular weight is 424 g/mol. The monoisotopic (exact) mass is 422 g/mol. The van der Waals surface area contributed by atoms with Gasteiger partial charge in [-0.25, -0.2) is 0 Å². The molecule has 0 atom stereocenters. The molecule has 21 heavy (non-hydrogen) atoms. The van der Waals surface area contributed by atoms with Gasteiger partial charge in [0.1, 0.15) is 4.21 Å². The first-order valence-corrected chi connectivity index (χ1v) is 9.93. The zero-order valence-corrected chi connectivity index (χ0v) is 15.4. The molecule has 4 nitrogen and oxygen atoms in total. The van der Waals surface area contributed by atoms with Crippen LogP contribution in [0.1, 0.15) is 0 Å². The average Bonchev–Trinajstić information content (AvgIpc) is 2.95. The minimum atomic E-state index is -3.74. The third-order valence-electron chi connectivity index (χ3n) is 2.77. The molecule has 0 saturated carbocycles. The third kappa shape index (κ3) is 2.95. The summed E-state index contributed by atoms with van der Waals surface area (Å²) in [6, 6.07) is 8.79. The van der Waals surface area contributed by atoms with E-state index in [-0.39, 0.29) is 4.21 Å². The first kappa shape index (κ1) is 15.2. The van der Waals surface area contributed by atoms with E-state index in [0.717, 1.165) is 26.0 Å². The molecule has 0 N–H and O–H groups in total. The highest BCUT2D eigenvalue weighted by Crippen LogP contribution is 2.27. The summed E-state index contributed by atoms with van der Waals surface area (Å²) in [4.78, 5) is 0.424. The van der Waals surface area contributed by atoms with E-state index in [1.807, 2.05) is 18.2 Å². The van der Waals surface area contributed by atoms with Gasteiger partial charge in [0, 0.05) is 11.5 Å². The van der Waals surface area contributed by atoms with E-state index in [4.69, 9.17) is 11.6 Å². The molecule has 0 aliphatic heterocycles. The van der Waals surface area contributed by atoms with Crippen LogP contribution in [0.25, 0.3) is 10.2 Å².